The second-order valence-corrected chi connectivity index (χ2v) is 11.9. The van der Waals surface area contributed by atoms with Crippen molar-refractivity contribution in [3.8, 4) is 11.3 Å². The summed E-state index contributed by atoms with van der Waals surface area (Å²) >= 11 is 0. The molecule has 0 radical (unpaired) electrons. The number of ether oxygens (including phenoxy) is 1. The lowest BCUT2D eigenvalue weighted by Crippen LogP contribution is -2.37. The number of pyridine rings is 2. The maximum absolute atomic E-state index is 13.5. The van der Waals surface area contributed by atoms with E-state index in [2.05, 4.69) is 15.6 Å². The van der Waals surface area contributed by atoms with Gasteiger partial charge in [0.25, 0.3) is 5.91 Å². The number of benzene rings is 1. The highest BCUT2D eigenvalue weighted by Gasteiger charge is 2.24. The molecule has 0 atom stereocenters. The van der Waals surface area contributed by atoms with Gasteiger partial charge in [-0.15, -0.1) is 0 Å². The summed E-state index contributed by atoms with van der Waals surface area (Å²) < 4.78 is 5.33. The topological polar surface area (TPSA) is 137 Å². The second kappa shape index (κ2) is 14.4. The van der Waals surface area contributed by atoms with Crippen LogP contribution in [0.25, 0.3) is 22.2 Å². The van der Waals surface area contributed by atoms with Crippen LogP contribution in [0.15, 0.2) is 48.7 Å². The highest BCUT2D eigenvalue weighted by Crippen LogP contribution is 2.29. The van der Waals surface area contributed by atoms with E-state index in [1.807, 2.05) is 68.1 Å². The normalized spacial score (nSPS) is 17.1. The molecule has 4 rings (SSSR count). The highest BCUT2D eigenvalue weighted by molar-refractivity contribution is 6.07. The zero-order valence-corrected chi connectivity index (χ0v) is 24.8. The van der Waals surface area contributed by atoms with Crippen molar-refractivity contribution >= 4 is 28.7 Å². The lowest BCUT2D eigenvalue weighted by Gasteiger charge is -2.29. The molecule has 42 heavy (non-hydrogen) atoms. The van der Waals surface area contributed by atoms with Gasteiger partial charge in [-0.2, -0.15) is 0 Å². The molecule has 1 aliphatic rings. The molecule has 2 heterocycles. The average molecular weight is 578 g/mol. The zero-order chi connectivity index (χ0) is 30.1. The van der Waals surface area contributed by atoms with E-state index in [4.69, 9.17) is 9.72 Å². The van der Waals surface area contributed by atoms with E-state index < -0.39 is 5.60 Å². The van der Waals surface area contributed by atoms with E-state index in [1.165, 1.54) is 0 Å². The fraction of sp³-hybridized carbons (Fsp3) is 0.500. The SMILES string of the molecule is CC(C)(C)OC(=O)NCC1CCC(CNC(=O)c2cc(-c3ccc(N(CCO)CCO)nc3)nc3ccccc23)CC1. The van der Waals surface area contributed by atoms with Crippen LogP contribution in [0.2, 0.25) is 0 Å². The molecule has 10 heteroatoms. The van der Waals surface area contributed by atoms with Gasteiger partial charge in [0.1, 0.15) is 11.4 Å². The van der Waals surface area contributed by atoms with Gasteiger partial charge in [-0.25, -0.2) is 14.8 Å². The molecule has 0 aliphatic heterocycles. The predicted molar refractivity (Wildman–Crippen MR) is 163 cm³/mol. The van der Waals surface area contributed by atoms with E-state index in [-0.39, 0.29) is 25.2 Å². The van der Waals surface area contributed by atoms with Crippen molar-refractivity contribution in [2.75, 3.05) is 44.3 Å². The first-order valence-electron chi connectivity index (χ1n) is 14.7. The molecule has 226 valence electrons. The van der Waals surface area contributed by atoms with E-state index in [1.54, 1.807) is 6.20 Å². The quantitative estimate of drug-likeness (QED) is 0.267. The highest BCUT2D eigenvalue weighted by atomic mass is 16.6. The number of carbonyl (C=O) groups excluding carboxylic acids is 2. The fourth-order valence-corrected chi connectivity index (χ4v) is 5.33. The van der Waals surface area contributed by atoms with Crippen LogP contribution in [-0.2, 0) is 4.74 Å². The minimum atomic E-state index is -0.508. The molecule has 0 unspecified atom stereocenters. The van der Waals surface area contributed by atoms with Crippen LogP contribution in [0.4, 0.5) is 10.6 Å². The van der Waals surface area contributed by atoms with Crippen molar-refractivity contribution in [2.45, 2.75) is 52.1 Å². The zero-order valence-electron chi connectivity index (χ0n) is 24.8. The number of hydrogen-bond donors (Lipinski definition) is 4. The summed E-state index contributed by atoms with van der Waals surface area (Å²) in [5.41, 5.74) is 2.20. The van der Waals surface area contributed by atoms with Gasteiger partial charge in [0, 0.05) is 43.3 Å². The Hall–Kier alpha value is -3.76. The number of amides is 2. The van der Waals surface area contributed by atoms with Gasteiger partial charge in [-0.3, -0.25) is 4.79 Å². The van der Waals surface area contributed by atoms with Crippen molar-refractivity contribution in [2.24, 2.45) is 11.8 Å². The van der Waals surface area contributed by atoms with Crippen molar-refractivity contribution in [3.63, 3.8) is 0 Å². The molecule has 0 saturated heterocycles. The minimum Gasteiger partial charge on any atom is -0.444 e. The number of fused-ring (bicyclic) bond motifs is 1. The number of aliphatic hydroxyl groups is 2. The Morgan fingerprint density at radius 1 is 0.952 bits per heavy atom. The number of rotatable bonds is 11. The smallest absolute Gasteiger partial charge is 0.407 e. The maximum Gasteiger partial charge on any atom is 0.407 e. The molecule has 1 fully saturated rings. The molecule has 0 spiro atoms. The van der Waals surface area contributed by atoms with Crippen LogP contribution < -0.4 is 15.5 Å². The summed E-state index contributed by atoms with van der Waals surface area (Å²) in [7, 11) is 0. The van der Waals surface area contributed by atoms with Gasteiger partial charge >= 0.3 is 6.09 Å². The molecular formula is C32H43N5O5. The van der Waals surface area contributed by atoms with Gasteiger partial charge < -0.3 is 30.5 Å². The standard InChI is InChI=1S/C32H43N5O5/c1-32(2,3)42-31(41)35-20-23-10-8-22(9-11-23)19-34-30(40)26-18-28(36-27-7-5-4-6-25(26)27)24-12-13-29(33-21-24)37(14-16-38)15-17-39/h4-7,12-13,18,21-23,38-39H,8-11,14-17,19-20H2,1-3H3,(H,34,40)(H,35,41). The van der Waals surface area contributed by atoms with Gasteiger partial charge in [-0.1, -0.05) is 18.2 Å². The van der Waals surface area contributed by atoms with E-state index >= 15 is 0 Å². The summed E-state index contributed by atoms with van der Waals surface area (Å²) in [6, 6.07) is 13.1. The first kappa shape index (κ1) is 31.2. The molecule has 3 aromatic rings. The number of para-hydroxylation sites is 1. The Balaban J connectivity index is 1.38. The Morgan fingerprint density at radius 3 is 2.19 bits per heavy atom. The third-order valence-electron chi connectivity index (χ3n) is 7.52. The summed E-state index contributed by atoms with van der Waals surface area (Å²) in [6.07, 6.45) is 5.30. The number of nitrogens with zero attached hydrogens (tertiary/aromatic N) is 3. The van der Waals surface area contributed by atoms with Crippen molar-refractivity contribution in [1.82, 2.24) is 20.6 Å². The van der Waals surface area contributed by atoms with Gasteiger partial charge in [-0.05, 0) is 82.6 Å². The monoisotopic (exact) mass is 577 g/mol. The number of carbonyl (C=O) groups is 2. The lowest BCUT2D eigenvalue weighted by atomic mass is 9.82. The third-order valence-corrected chi connectivity index (χ3v) is 7.52. The molecule has 0 bridgehead atoms. The first-order chi connectivity index (χ1) is 20.2. The Kier molecular flexibility index (Phi) is 10.7. The number of aromatic nitrogens is 2. The molecule has 1 saturated carbocycles. The minimum absolute atomic E-state index is 0.0408. The van der Waals surface area contributed by atoms with Gasteiger partial charge in [0.05, 0.1) is 30.0 Å². The van der Waals surface area contributed by atoms with Crippen LogP contribution in [0, 0.1) is 11.8 Å². The van der Waals surface area contributed by atoms with Crippen LogP contribution in [0.5, 0.6) is 0 Å². The average Bonchev–Trinajstić information content (AvgIpc) is 2.98. The summed E-state index contributed by atoms with van der Waals surface area (Å²) in [5, 5.41) is 25.5. The largest absolute Gasteiger partial charge is 0.444 e. The lowest BCUT2D eigenvalue weighted by molar-refractivity contribution is 0.0512. The van der Waals surface area contributed by atoms with Crippen molar-refractivity contribution in [3.05, 3.63) is 54.2 Å². The molecule has 1 aliphatic carbocycles. The number of aliphatic hydroxyl groups excluding tert-OH is 2. The summed E-state index contributed by atoms with van der Waals surface area (Å²) in [5.74, 6) is 1.31. The van der Waals surface area contributed by atoms with Crippen LogP contribution in [0.1, 0.15) is 56.8 Å². The Morgan fingerprint density at radius 2 is 1.60 bits per heavy atom. The van der Waals surface area contributed by atoms with Gasteiger partial charge in [0.2, 0.25) is 0 Å². The molecule has 1 aromatic carbocycles. The predicted octanol–water partition coefficient (Wildman–Crippen LogP) is 4.15. The number of alkyl carbamates (subject to hydrolysis) is 1. The Bertz CT molecular complexity index is 1330. The Labute approximate surface area is 247 Å². The fourth-order valence-electron chi connectivity index (χ4n) is 5.33. The molecule has 2 aromatic heterocycles. The van der Waals surface area contributed by atoms with Crippen molar-refractivity contribution < 1.29 is 24.5 Å². The third kappa shape index (κ3) is 8.62. The molecule has 10 nitrogen and oxygen atoms in total. The van der Waals surface area contributed by atoms with E-state index in [9.17, 15) is 19.8 Å². The second-order valence-electron chi connectivity index (χ2n) is 11.9. The van der Waals surface area contributed by atoms with Crippen molar-refractivity contribution in [1.29, 1.82) is 0 Å². The molecule has 4 N–H and O–H groups in total. The number of anilines is 1. The van der Waals surface area contributed by atoms with E-state index in [0.29, 0.717) is 55.1 Å². The first-order valence-corrected chi connectivity index (χ1v) is 14.7. The van der Waals surface area contributed by atoms with Crippen LogP contribution in [-0.4, -0.2) is 77.2 Å². The number of nitrogens with one attached hydrogen (secondary N) is 2. The summed E-state index contributed by atoms with van der Waals surface area (Å²) in [4.78, 5) is 36.5. The maximum atomic E-state index is 13.5. The molecular weight excluding hydrogens is 534 g/mol. The van der Waals surface area contributed by atoms with Crippen LogP contribution in [0.3, 0.4) is 0 Å². The number of hydrogen-bond acceptors (Lipinski definition) is 8. The molecule has 2 amide bonds. The summed E-state index contributed by atoms with van der Waals surface area (Å²) in [6.45, 7) is 7.42. The van der Waals surface area contributed by atoms with E-state index in [0.717, 1.165) is 42.1 Å². The van der Waals surface area contributed by atoms with Crippen LogP contribution >= 0.6 is 0 Å². The van der Waals surface area contributed by atoms with Gasteiger partial charge in [0.15, 0.2) is 0 Å².